The fourth-order valence-electron chi connectivity index (χ4n) is 1.34. The van der Waals surface area contributed by atoms with Gasteiger partial charge in [0.2, 0.25) is 0 Å². The zero-order chi connectivity index (χ0) is 10.6. The van der Waals surface area contributed by atoms with Crippen molar-refractivity contribution < 1.29 is 0 Å². The SMILES string of the molecule is CC(CCl)CCc1ncnn1C(C)C. The van der Waals surface area contributed by atoms with Crippen molar-refractivity contribution in [2.24, 2.45) is 5.92 Å². The van der Waals surface area contributed by atoms with Crippen LogP contribution >= 0.6 is 11.6 Å². The molecule has 0 saturated carbocycles. The van der Waals surface area contributed by atoms with E-state index >= 15 is 0 Å². The highest BCUT2D eigenvalue weighted by atomic mass is 35.5. The van der Waals surface area contributed by atoms with E-state index in [0.29, 0.717) is 12.0 Å². The number of aryl methyl sites for hydroxylation is 1. The summed E-state index contributed by atoms with van der Waals surface area (Å²) in [6, 6.07) is 0.388. The third-order valence-electron chi connectivity index (χ3n) is 2.26. The van der Waals surface area contributed by atoms with Crippen molar-refractivity contribution >= 4 is 11.6 Å². The first-order chi connectivity index (χ1) is 6.65. The first-order valence-electron chi connectivity index (χ1n) is 5.09. The molecule has 0 fully saturated rings. The Morgan fingerprint density at radius 1 is 1.43 bits per heavy atom. The molecule has 1 atom stereocenters. The van der Waals surface area contributed by atoms with Crippen molar-refractivity contribution in [3.8, 4) is 0 Å². The van der Waals surface area contributed by atoms with Crippen LogP contribution in [0.1, 0.15) is 39.1 Å². The number of hydrogen-bond acceptors (Lipinski definition) is 2. The predicted octanol–water partition coefficient (Wildman–Crippen LogP) is 2.67. The molecule has 1 aromatic rings. The molecule has 0 aliphatic rings. The van der Waals surface area contributed by atoms with Gasteiger partial charge in [-0.2, -0.15) is 5.10 Å². The minimum atomic E-state index is 0.388. The van der Waals surface area contributed by atoms with E-state index in [-0.39, 0.29) is 0 Å². The fourth-order valence-corrected chi connectivity index (χ4v) is 1.49. The van der Waals surface area contributed by atoms with E-state index in [1.54, 1.807) is 6.33 Å². The van der Waals surface area contributed by atoms with E-state index in [2.05, 4.69) is 30.9 Å². The van der Waals surface area contributed by atoms with E-state index in [1.807, 2.05) is 4.68 Å². The van der Waals surface area contributed by atoms with E-state index in [0.717, 1.165) is 24.5 Å². The van der Waals surface area contributed by atoms with Crippen LogP contribution in [0.2, 0.25) is 0 Å². The largest absolute Gasteiger partial charge is 0.248 e. The molecule has 0 N–H and O–H groups in total. The summed E-state index contributed by atoms with van der Waals surface area (Å²) in [6.07, 6.45) is 3.67. The minimum Gasteiger partial charge on any atom is -0.248 e. The van der Waals surface area contributed by atoms with E-state index < -0.39 is 0 Å². The molecule has 0 bridgehead atoms. The Kier molecular flexibility index (Phi) is 4.39. The molecule has 0 aromatic carbocycles. The van der Waals surface area contributed by atoms with Gasteiger partial charge < -0.3 is 0 Å². The van der Waals surface area contributed by atoms with Gasteiger partial charge in [0, 0.05) is 18.3 Å². The van der Waals surface area contributed by atoms with Crippen LogP contribution in [0, 0.1) is 5.92 Å². The average Bonchev–Trinajstić information content (AvgIpc) is 2.62. The molecule has 0 aliphatic carbocycles. The molecule has 1 heterocycles. The van der Waals surface area contributed by atoms with Crippen molar-refractivity contribution in [1.82, 2.24) is 14.8 Å². The molecule has 0 aliphatic heterocycles. The molecule has 1 unspecified atom stereocenters. The van der Waals surface area contributed by atoms with Gasteiger partial charge in [-0.3, -0.25) is 0 Å². The summed E-state index contributed by atoms with van der Waals surface area (Å²) in [7, 11) is 0. The van der Waals surface area contributed by atoms with Crippen LogP contribution in [0.15, 0.2) is 6.33 Å². The summed E-state index contributed by atoms with van der Waals surface area (Å²) >= 11 is 5.75. The lowest BCUT2D eigenvalue weighted by Gasteiger charge is -2.10. The van der Waals surface area contributed by atoms with Gasteiger partial charge in [-0.1, -0.05) is 6.92 Å². The maximum Gasteiger partial charge on any atom is 0.138 e. The molecule has 14 heavy (non-hydrogen) atoms. The van der Waals surface area contributed by atoms with Crippen LogP contribution in [0.4, 0.5) is 0 Å². The van der Waals surface area contributed by atoms with Crippen LogP contribution in [0.5, 0.6) is 0 Å². The number of aromatic nitrogens is 3. The highest BCUT2D eigenvalue weighted by Crippen LogP contribution is 2.11. The predicted molar refractivity (Wildman–Crippen MR) is 58.6 cm³/mol. The molecule has 4 heteroatoms. The Labute approximate surface area is 90.5 Å². The molecule has 1 aromatic heterocycles. The van der Waals surface area contributed by atoms with E-state index in [4.69, 9.17) is 11.6 Å². The third-order valence-corrected chi connectivity index (χ3v) is 2.79. The topological polar surface area (TPSA) is 30.7 Å². The van der Waals surface area contributed by atoms with Crippen molar-refractivity contribution in [2.45, 2.75) is 39.7 Å². The van der Waals surface area contributed by atoms with Crippen LogP contribution in [-0.4, -0.2) is 20.6 Å². The Morgan fingerprint density at radius 3 is 2.71 bits per heavy atom. The average molecular weight is 216 g/mol. The third kappa shape index (κ3) is 2.98. The normalized spacial score (nSPS) is 13.5. The van der Waals surface area contributed by atoms with Crippen LogP contribution in [0.3, 0.4) is 0 Å². The number of alkyl halides is 1. The number of rotatable bonds is 5. The highest BCUT2D eigenvalue weighted by molar-refractivity contribution is 6.18. The molecule has 0 amide bonds. The lowest BCUT2D eigenvalue weighted by atomic mass is 10.1. The fraction of sp³-hybridized carbons (Fsp3) is 0.800. The summed E-state index contributed by atoms with van der Waals surface area (Å²) in [4.78, 5) is 4.25. The summed E-state index contributed by atoms with van der Waals surface area (Å²) in [5.74, 6) is 2.33. The molecule has 0 saturated heterocycles. The zero-order valence-electron chi connectivity index (χ0n) is 9.07. The number of halogens is 1. The molecule has 1 rings (SSSR count). The van der Waals surface area contributed by atoms with Crippen molar-refractivity contribution in [1.29, 1.82) is 0 Å². The first kappa shape index (κ1) is 11.5. The van der Waals surface area contributed by atoms with Gasteiger partial charge in [0.15, 0.2) is 0 Å². The maximum atomic E-state index is 5.75. The van der Waals surface area contributed by atoms with Crippen molar-refractivity contribution in [2.75, 3.05) is 5.88 Å². The summed E-state index contributed by atoms with van der Waals surface area (Å²) < 4.78 is 1.97. The maximum absolute atomic E-state index is 5.75. The number of nitrogens with zero attached hydrogens (tertiary/aromatic N) is 3. The van der Waals surface area contributed by atoms with Crippen LogP contribution in [-0.2, 0) is 6.42 Å². The molecule has 80 valence electrons. The van der Waals surface area contributed by atoms with Gasteiger partial charge >= 0.3 is 0 Å². The molecule has 0 radical (unpaired) electrons. The van der Waals surface area contributed by atoms with Crippen LogP contribution in [0.25, 0.3) is 0 Å². The Hall–Kier alpha value is -0.570. The van der Waals surface area contributed by atoms with Gasteiger partial charge in [-0.25, -0.2) is 9.67 Å². The van der Waals surface area contributed by atoms with E-state index in [9.17, 15) is 0 Å². The van der Waals surface area contributed by atoms with Gasteiger partial charge in [0.05, 0.1) is 0 Å². The van der Waals surface area contributed by atoms with Gasteiger partial charge in [0.1, 0.15) is 12.2 Å². The molecule has 3 nitrogen and oxygen atoms in total. The Balaban J connectivity index is 2.54. The first-order valence-corrected chi connectivity index (χ1v) is 5.63. The second-order valence-corrected chi connectivity index (χ2v) is 4.32. The summed E-state index contributed by atoms with van der Waals surface area (Å²) in [6.45, 7) is 6.38. The van der Waals surface area contributed by atoms with Gasteiger partial charge in [-0.05, 0) is 26.2 Å². The number of hydrogen-bond donors (Lipinski definition) is 0. The van der Waals surface area contributed by atoms with Crippen LogP contribution < -0.4 is 0 Å². The molecule has 0 spiro atoms. The van der Waals surface area contributed by atoms with Gasteiger partial charge in [-0.15, -0.1) is 11.6 Å². The van der Waals surface area contributed by atoms with Gasteiger partial charge in [0.25, 0.3) is 0 Å². The highest BCUT2D eigenvalue weighted by Gasteiger charge is 2.08. The van der Waals surface area contributed by atoms with Crippen molar-refractivity contribution in [3.63, 3.8) is 0 Å². The smallest absolute Gasteiger partial charge is 0.138 e. The monoisotopic (exact) mass is 215 g/mol. The molecular formula is C10H18ClN3. The summed E-state index contributed by atoms with van der Waals surface area (Å²) in [5.41, 5.74) is 0. The standard InChI is InChI=1S/C10H18ClN3/c1-8(2)14-10(12-7-13-14)5-4-9(3)6-11/h7-9H,4-6H2,1-3H3. The zero-order valence-corrected chi connectivity index (χ0v) is 9.83. The second kappa shape index (κ2) is 5.35. The second-order valence-electron chi connectivity index (χ2n) is 4.01. The lowest BCUT2D eigenvalue weighted by Crippen LogP contribution is -2.10. The Bertz CT molecular complexity index is 270. The van der Waals surface area contributed by atoms with E-state index in [1.165, 1.54) is 0 Å². The van der Waals surface area contributed by atoms with Crippen molar-refractivity contribution in [3.05, 3.63) is 12.2 Å². The Morgan fingerprint density at radius 2 is 2.14 bits per heavy atom. The minimum absolute atomic E-state index is 0.388. The quantitative estimate of drug-likeness (QED) is 0.708. The lowest BCUT2D eigenvalue weighted by molar-refractivity contribution is 0.485. The summed E-state index contributed by atoms with van der Waals surface area (Å²) in [5, 5.41) is 4.19. The molecular weight excluding hydrogens is 198 g/mol.